The Balaban J connectivity index is 1.28. The van der Waals surface area contributed by atoms with Crippen molar-refractivity contribution in [2.75, 3.05) is 39.3 Å². The van der Waals surface area contributed by atoms with Gasteiger partial charge in [-0.3, -0.25) is 14.6 Å². The van der Waals surface area contributed by atoms with Gasteiger partial charge in [-0.1, -0.05) is 18.6 Å². The van der Waals surface area contributed by atoms with E-state index in [1.807, 2.05) is 12.1 Å². The monoisotopic (exact) mass is 397 g/mol. The van der Waals surface area contributed by atoms with Crippen molar-refractivity contribution in [2.24, 2.45) is 11.8 Å². The number of aliphatic hydroxyl groups is 1. The molecule has 4 atom stereocenters. The average molecular weight is 398 g/mol. The lowest BCUT2D eigenvalue weighted by atomic mass is 9.72. The zero-order valence-corrected chi connectivity index (χ0v) is 17.5. The third-order valence-electron chi connectivity index (χ3n) is 7.90. The fourth-order valence-electron chi connectivity index (χ4n) is 6.46. The number of benzene rings is 1. The Hall–Kier alpha value is -1.43. The summed E-state index contributed by atoms with van der Waals surface area (Å²) in [6.45, 7) is 6.40. The number of piperidine rings is 3. The number of rotatable bonds is 4. The zero-order valence-electron chi connectivity index (χ0n) is 17.5. The molecule has 4 fully saturated rings. The van der Waals surface area contributed by atoms with Gasteiger partial charge in [-0.2, -0.15) is 0 Å². The van der Waals surface area contributed by atoms with Crippen LogP contribution in [-0.2, 0) is 6.54 Å². The Bertz CT molecular complexity index is 701. The number of carbonyl (C=O) groups excluding carboxylic acids is 1. The minimum absolute atomic E-state index is 0.174. The molecule has 0 spiro atoms. The number of hydrogen-bond donors (Lipinski definition) is 1. The van der Waals surface area contributed by atoms with Gasteiger partial charge < -0.3 is 10.0 Å². The highest BCUT2D eigenvalue weighted by molar-refractivity contribution is 5.94. The van der Waals surface area contributed by atoms with Gasteiger partial charge in [-0.15, -0.1) is 0 Å². The Morgan fingerprint density at radius 2 is 1.69 bits per heavy atom. The van der Waals surface area contributed by atoms with Gasteiger partial charge in [-0.25, -0.2) is 0 Å². The summed E-state index contributed by atoms with van der Waals surface area (Å²) in [5.74, 6) is 1.15. The Morgan fingerprint density at radius 3 is 2.45 bits per heavy atom. The van der Waals surface area contributed by atoms with Gasteiger partial charge >= 0.3 is 0 Å². The second-order valence-corrected chi connectivity index (χ2v) is 9.70. The number of hydrogen-bond acceptors (Lipinski definition) is 4. The van der Waals surface area contributed by atoms with E-state index in [9.17, 15) is 9.90 Å². The van der Waals surface area contributed by atoms with Gasteiger partial charge in [0.15, 0.2) is 0 Å². The number of likely N-dealkylation sites (tertiary alicyclic amines) is 2. The van der Waals surface area contributed by atoms with Gasteiger partial charge in [0.05, 0.1) is 6.61 Å². The smallest absolute Gasteiger partial charge is 0.253 e. The van der Waals surface area contributed by atoms with E-state index in [0.29, 0.717) is 17.9 Å². The Kier molecular flexibility index (Phi) is 5.63. The fraction of sp³-hybridized carbons (Fsp3) is 0.708. The summed E-state index contributed by atoms with van der Waals surface area (Å²) in [6, 6.07) is 9.10. The minimum Gasteiger partial charge on any atom is -0.395 e. The number of carbonyl (C=O) groups is 1. The van der Waals surface area contributed by atoms with Crippen LogP contribution in [-0.4, -0.2) is 77.1 Å². The van der Waals surface area contributed by atoms with Crippen molar-refractivity contribution in [1.29, 1.82) is 0 Å². The minimum atomic E-state index is 0.174. The molecule has 4 aliphatic rings. The third-order valence-corrected chi connectivity index (χ3v) is 7.90. The molecular weight excluding hydrogens is 362 g/mol. The van der Waals surface area contributed by atoms with Crippen LogP contribution in [0.15, 0.2) is 24.3 Å². The molecule has 5 rings (SSSR count). The maximum atomic E-state index is 13.3. The van der Waals surface area contributed by atoms with E-state index in [2.05, 4.69) is 26.8 Å². The number of fused-ring (bicyclic) bond motifs is 4. The average Bonchev–Trinajstić information content (AvgIpc) is 3.27. The van der Waals surface area contributed by atoms with Gasteiger partial charge in [0.25, 0.3) is 5.91 Å². The van der Waals surface area contributed by atoms with E-state index < -0.39 is 0 Å². The van der Waals surface area contributed by atoms with Crippen molar-refractivity contribution in [3.05, 3.63) is 35.4 Å². The molecule has 0 aromatic heterocycles. The van der Waals surface area contributed by atoms with Gasteiger partial charge in [0.2, 0.25) is 0 Å². The molecule has 5 heteroatoms. The van der Waals surface area contributed by atoms with E-state index in [4.69, 9.17) is 0 Å². The molecule has 0 radical (unpaired) electrons. The van der Waals surface area contributed by atoms with E-state index in [1.165, 1.54) is 57.2 Å². The molecular formula is C24H35N3O2. The quantitative estimate of drug-likeness (QED) is 0.848. The topological polar surface area (TPSA) is 47.0 Å². The molecule has 1 N–H and O–H groups in total. The summed E-state index contributed by atoms with van der Waals surface area (Å²) in [5.41, 5.74) is 2.12. The lowest BCUT2D eigenvalue weighted by Gasteiger charge is -2.56. The highest BCUT2D eigenvalue weighted by Crippen LogP contribution is 2.41. The number of aliphatic hydroxyl groups excluding tert-OH is 1. The van der Waals surface area contributed by atoms with E-state index >= 15 is 0 Å². The third kappa shape index (κ3) is 3.85. The fourth-order valence-corrected chi connectivity index (χ4v) is 6.46. The van der Waals surface area contributed by atoms with Crippen LogP contribution >= 0.6 is 0 Å². The predicted molar refractivity (Wildman–Crippen MR) is 114 cm³/mol. The molecule has 158 valence electrons. The highest BCUT2D eigenvalue weighted by atomic mass is 16.3. The lowest BCUT2D eigenvalue weighted by molar-refractivity contribution is -0.0795. The maximum Gasteiger partial charge on any atom is 0.253 e. The molecule has 4 heterocycles. The number of amides is 1. The van der Waals surface area contributed by atoms with Crippen LogP contribution in [0, 0.1) is 11.8 Å². The molecule has 4 saturated heterocycles. The Labute approximate surface area is 174 Å². The summed E-state index contributed by atoms with van der Waals surface area (Å²) in [6.07, 6.45) is 7.54. The molecule has 5 nitrogen and oxygen atoms in total. The van der Waals surface area contributed by atoms with Crippen molar-refractivity contribution in [1.82, 2.24) is 14.7 Å². The van der Waals surface area contributed by atoms with Gasteiger partial charge in [-0.05, 0) is 81.3 Å². The molecule has 1 aromatic carbocycles. The van der Waals surface area contributed by atoms with E-state index in [0.717, 1.165) is 31.7 Å². The van der Waals surface area contributed by atoms with Crippen molar-refractivity contribution in [2.45, 2.75) is 57.2 Å². The first kappa shape index (κ1) is 19.5. The number of nitrogens with zero attached hydrogens (tertiary/aromatic N) is 3. The molecule has 1 aromatic rings. The summed E-state index contributed by atoms with van der Waals surface area (Å²) in [7, 11) is 0. The zero-order chi connectivity index (χ0) is 19.8. The molecule has 0 aliphatic carbocycles. The van der Waals surface area contributed by atoms with Crippen molar-refractivity contribution in [3.8, 4) is 0 Å². The van der Waals surface area contributed by atoms with Crippen LogP contribution in [0.4, 0.5) is 0 Å². The van der Waals surface area contributed by atoms with Crippen LogP contribution < -0.4 is 0 Å². The summed E-state index contributed by atoms with van der Waals surface area (Å²) >= 11 is 0. The van der Waals surface area contributed by atoms with E-state index in [-0.39, 0.29) is 18.6 Å². The predicted octanol–water partition coefficient (Wildman–Crippen LogP) is 2.59. The molecule has 0 unspecified atom stereocenters. The van der Waals surface area contributed by atoms with E-state index in [1.54, 1.807) is 0 Å². The molecule has 29 heavy (non-hydrogen) atoms. The molecule has 0 saturated carbocycles. The first-order valence-electron chi connectivity index (χ1n) is 11.7. The van der Waals surface area contributed by atoms with Crippen molar-refractivity contribution >= 4 is 5.91 Å². The molecule has 2 bridgehead atoms. The largest absolute Gasteiger partial charge is 0.395 e. The SMILES string of the molecule is O=C(c1ccc(CN2CCCC2)cc1)N1C[C@H]2C[C@@H](C1)[C@H](CO)N1CCCC[C@@H]21. The first-order valence-corrected chi connectivity index (χ1v) is 11.7. The lowest BCUT2D eigenvalue weighted by Crippen LogP contribution is -2.65. The van der Waals surface area contributed by atoms with Crippen LogP contribution in [0.3, 0.4) is 0 Å². The maximum absolute atomic E-state index is 13.3. The van der Waals surface area contributed by atoms with Crippen molar-refractivity contribution < 1.29 is 9.90 Å². The standard InChI is InChI=1S/C24H35N3O2/c28-17-23-21-13-20(22-5-1-2-12-27(22)23)15-26(16-21)24(29)19-8-6-18(7-9-19)14-25-10-3-4-11-25/h6-9,20-23,28H,1-5,10-17H2/t20-,21+,22+,23+/m1/s1. The van der Waals surface area contributed by atoms with Gasteiger partial charge in [0.1, 0.15) is 0 Å². The van der Waals surface area contributed by atoms with Crippen LogP contribution in [0.25, 0.3) is 0 Å². The second kappa shape index (κ2) is 8.37. The summed E-state index contributed by atoms with van der Waals surface area (Å²) < 4.78 is 0. The Morgan fingerprint density at radius 1 is 0.966 bits per heavy atom. The van der Waals surface area contributed by atoms with Crippen molar-refractivity contribution in [3.63, 3.8) is 0 Å². The van der Waals surface area contributed by atoms with Crippen LogP contribution in [0.5, 0.6) is 0 Å². The van der Waals surface area contributed by atoms with Crippen LogP contribution in [0.1, 0.15) is 54.4 Å². The molecule has 1 amide bonds. The highest BCUT2D eigenvalue weighted by Gasteiger charge is 2.47. The van der Waals surface area contributed by atoms with Crippen LogP contribution in [0.2, 0.25) is 0 Å². The van der Waals surface area contributed by atoms with Gasteiger partial charge in [0, 0.05) is 37.3 Å². The normalized spacial score (nSPS) is 32.9. The first-order chi connectivity index (χ1) is 14.2. The summed E-state index contributed by atoms with van der Waals surface area (Å²) in [4.78, 5) is 20.4. The second-order valence-electron chi connectivity index (χ2n) is 9.70. The molecule has 4 aliphatic heterocycles. The summed E-state index contributed by atoms with van der Waals surface area (Å²) in [5, 5.41) is 10.1.